The summed E-state index contributed by atoms with van der Waals surface area (Å²) in [5.41, 5.74) is 8.54. The second-order valence-electron chi connectivity index (χ2n) is 4.68. The van der Waals surface area contributed by atoms with E-state index < -0.39 is 0 Å². The Morgan fingerprint density at radius 3 is 2.94 bits per heavy atom. The number of nitrogens with zero attached hydrogens (tertiary/aromatic N) is 1. The van der Waals surface area contributed by atoms with Crippen LogP contribution >= 0.6 is 0 Å². The minimum Gasteiger partial charge on any atom is -0.399 e. The zero-order valence-corrected chi connectivity index (χ0v) is 10.0. The van der Waals surface area contributed by atoms with Crippen LogP contribution in [0.5, 0.6) is 0 Å². The molecule has 1 aliphatic heterocycles. The normalized spacial score (nSPS) is 16.8. The van der Waals surface area contributed by atoms with Gasteiger partial charge in [-0.15, -0.1) is 0 Å². The molecule has 17 heavy (non-hydrogen) atoms. The van der Waals surface area contributed by atoms with Crippen LogP contribution in [0.1, 0.15) is 18.9 Å². The number of aliphatic hydroxyl groups excluding tert-OH is 1. The summed E-state index contributed by atoms with van der Waals surface area (Å²) in [7, 11) is 0. The lowest BCUT2D eigenvalue weighted by molar-refractivity contribution is -0.119. The fourth-order valence-electron chi connectivity index (χ4n) is 2.15. The van der Waals surface area contributed by atoms with Crippen molar-refractivity contribution in [2.24, 2.45) is 5.92 Å². The van der Waals surface area contributed by atoms with Gasteiger partial charge in [-0.1, -0.05) is 6.92 Å². The van der Waals surface area contributed by atoms with Crippen molar-refractivity contribution in [1.29, 1.82) is 0 Å². The number of aryl methyl sites for hydroxylation is 1. The van der Waals surface area contributed by atoms with Crippen LogP contribution in [-0.4, -0.2) is 24.2 Å². The maximum Gasteiger partial charge on any atom is 0.227 e. The Bertz CT molecular complexity index is 431. The van der Waals surface area contributed by atoms with Crippen LogP contribution in [0.15, 0.2) is 18.2 Å². The highest BCUT2D eigenvalue weighted by Gasteiger charge is 2.25. The first-order valence-electron chi connectivity index (χ1n) is 5.91. The highest BCUT2D eigenvalue weighted by atomic mass is 16.3. The molecule has 1 unspecified atom stereocenters. The van der Waals surface area contributed by atoms with E-state index in [1.165, 1.54) is 0 Å². The molecule has 1 aliphatic rings. The smallest absolute Gasteiger partial charge is 0.227 e. The quantitative estimate of drug-likeness (QED) is 0.772. The predicted octanol–water partition coefficient (Wildman–Crippen LogP) is 1.18. The van der Waals surface area contributed by atoms with Crippen LogP contribution in [0.3, 0.4) is 0 Å². The van der Waals surface area contributed by atoms with E-state index in [1.54, 1.807) is 4.90 Å². The molecule has 1 amide bonds. The Labute approximate surface area is 101 Å². The van der Waals surface area contributed by atoms with Crippen molar-refractivity contribution in [3.8, 4) is 0 Å². The standard InChI is InChI=1S/C13H18N2O2/c1-9(8-16)7-15-12-4-3-11(14)6-10(12)2-5-13(15)17/h3-4,6,9,16H,2,5,7-8,14H2,1H3. The third-order valence-corrected chi connectivity index (χ3v) is 3.11. The lowest BCUT2D eigenvalue weighted by Gasteiger charge is -2.31. The number of hydrogen-bond donors (Lipinski definition) is 2. The lowest BCUT2D eigenvalue weighted by Crippen LogP contribution is -2.38. The SMILES string of the molecule is CC(CO)CN1C(=O)CCc2cc(N)ccc21. The molecule has 0 spiro atoms. The molecule has 0 saturated carbocycles. The number of carbonyl (C=O) groups is 1. The summed E-state index contributed by atoms with van der Waals surface area (Å²) in [4.78, 5) is 13.7. The molecular formula is C13H18N2O2. The molecule has 0 radical (unpaired) electrons. The Balaban J connectivity index is 2.30. The summed E-state index contributed by atoms with van der Waals surface area (Å²) < 4.78 is 0. The molecular weight excluding hydrogens is 216 g/mol. The van der Waals surface area contributed by atoms with Gasteiger partial charge in [0.25, 0.3) is 0 Å². The monoisotopic (exact) mass is 234 g/mol. The van der Waals surface area contributed by atoms with Crippen molar-refractivity contribution in [2.75, 3.05) is 23.8 Å². The molecule has 92 valence electrons. The fraction of sp³-hybridized carbons (Fsp3) is 0.462. The Kier molecular flexibility index (Phi) is 3.33. The van der Waals surface area contributed by atoms with Gasteiger partial charge >= 0.3 is 0 Å². The molecule has 3 N–H and O–H groups in total. The summed E-state index contributed by atoms with van der Waals surface area (Å²) in [6.45, 7) is 2.58. The molecule has 0 saturated heterocycles. The topological polar surface area (TPSA) is 66.6 Å². The minimum atomic E-state index is 0.0856. The number of hydrogen-bond acceptors (Lipinski definition) is 3. The van der Waals surface area contributed by atoms with E-state index in [-0.39, 0.29) is 18.4 Å². The summed E-state index contributed by atoms with van der Waals surface area (Å²) in [6.07, 6.45) is 1.28. The second kappa shape index (κ2) is 4.75. The largest absolute Gasteiger partial charge is 0.399 e. The van der Waals surface area contributed by atoms with Crippen LogP contribution in [0.4, 0.5) is 11.4 Å². The molecule has 1 aromatic carbocycles. The van der Waals surface area contributed by atoms with Crippen LogP contribution in [0.25, 0.3) is 0 Å². The average molecular weight is 234 g/mol. The number of carbonyl (C=O) groups excluding carboxylic acids is 1. The van der Waals surface area contributed by atoms with E-state index in [1.807, 2.05) is 25.1 Å². The van der Waals surface area contributed by atoms with E-state index >= 15 is 0 Å². The third-order valence-electron chi connectivity index (χ3n) is 3.11. The molecule has 4 heteroatoms. The van der Waals surface area contributed by atoms with Gasteiger partial charge in [-0.25, -0.2) is 0 Å². The van der Waals surface area contributed by atoms with Crippen LogP contribution < -0.4 is 10.6 Å². The predicted molar refractivity (Wildman–Crippen MR) is 67.8 cm³/mol. The summed E-state index contributed by atoms with van der Waals surface area (Å²) in [5, 5.41) is 9.09. The first kappa shape index (κ1) is 11.9. The van der Waals surface area contributed by atoms with Gasteiger partial charge in [-0.3, -0.25) is 4.79 Å². The minimum absolute atomic E-state index is 0.0856. The van der Waals surface area contributed by atoms with Crippen molar-refractivity contribution in [3.05, 3.63) is 23.8 Å². The van der Waals surface area contributed by atoms with Crippen LogP contribution in [-0.2, 0) is 11.2 Å². The summed E-state index contributed by atoms with van der Waals surface area (Å²) in [6, 6.07) is 5.64. The first-order chi connectivity index (χ1) is 8.11. The van der Waals surface area contributed by atoms with Gasteiger partial charge in [-0.05, 0) is 36.1 Å². The Morgan fingerprint density at radius 1 is 1.47 bits per heavy atom. The maximum absolute atomic E-state index is 11.9. The zero-order valence-electron chi connectivity index (χ0n) is 10.0. The third kappa shape index (κ3) is 2.42. The van der Waals surface area contributed by atoms with Crippen LogP contribution in [0, 0.1) is 5.92 Å². The number of nitrogen functional groups attached to an aromatic ring is 1. The first-order valence-corrected chi connectivity index (χ1v) is 5.91. The van der Waals surface area contributed by atoms with Gasteiger partial charge < -0.3 is 15.7 Å². The van der Waals surface area contributed by atoms with Gasteiger partial charge in [0, 0.05) is 30.9 Å². The number of aliphatic hydroxyl groups is 1. The molecule has 0 aliphatic carbocycles. The Morgan fingerprint density at radius 2 is 2.24 bits per heavy atom. The Hall–Kier alpha value is -1.55. The number of rotatable bonds is 3. The van der Waals surface area contributed by atoms with Gasteiger partial charge in [0.2, 0.25) is 5.91 Å². The second-order valence-corrected chi connectivity index (χ2v) is 4.68. The molecule has 2 rings (SSSR count). The number of anilines is 2. The van der Waals surface area contributed by atoms with Gasteiger partial charge in [0.05, 0.1) is 0 Å². The van der Waals surface area contributed by atoms with E-state index in [0.29, 0.717) is 13.0 Å². The highest BCUT2D eigenvalue weighted by molar-refractivity contribution is 5.96. The number of amides is 1. The van der Waals surface area contributed by atoms with Crippen molar-refractivity contribution in [2.45, 2.75) is 19.8 Å². The van der Waals surface area contributed by atoms with Gasteiger partial charge in [-0.2, -0.15) is 0 Å². The lowest BCUT2D eigenvalue weighted by atomic mass is 9.99. The van der Waals surface area contributed by atoms with Crippen molar-refractivity contribution in [1.82, 2.24) is 0 Å². The van der Waals surface area contributed by atoms with E-state index in [2.05, 4.69) is 0 Å². The number of fused-ring (bicyclic) bond motifs is 1. The van der Waals surface area contributed by atoms with Crippen molar-refractivity contribution < 1.29 is 9.90 Å². The molecule has 1 atom stereocenters. The molecule has 1 heterocycles. The number of benzene rings is 1. The van der Waals surface area contributed by atoms with Gasteiger partial charge in [0.15, 0.2) is 0 Å². The molecule has 4 nitrogen and oxygen atoms in total. The van der Waals surface area contributed by atoms with Crippen molar-refractivity contribution >= 4 is 17.3 Å². The molecule has 0 fully saturated rings. The average Bonchev–Trinajstić information content (AvgIpc) is 2.32. The molecule has 0 bridgehead atoms. The van der Waals surface area contributed by atoms with E-state index in [4.69, 9.17) is 10.8 Å². The summed E-state index contributed by atoms with van der Waals surface area (Å²) in [5.74, 6) is 0.213. The zero-order chi connectivity index (χ0) is 12.4. The number of nitrogens with two attached hydrogens (primary N) is 1. The van der Waals surface area contributed by atoms with E-state index in [9.17, 15) is 4.79 Å². The fourth-order valence-corrected chi connectivity index (χ4v) is 2.15. The van der Waals surface area contributed by atoms with Crippen molar-refractivity contribution in [3.63, 3.8) is 0 Å². The van der Waals surface area contributed by atoms with E-state index in [0.717, 1.165) is 23.4 Å². The highest BCUT2D eigenvalue weighted by Crippen LogP contribution is 2.29. The molecule has 0 aromatic heterocycles. The maximum atomic E-state index is 11.9. The van der Waals surface area contributed by atoms with Crippen LogP contribution in [0.2, 0.25) is 0 Å². The summed E-state index contributed by atoms with van der Waals surface area (Å²) >= 11 is 0. The van der Waals surface area contributed by atoms with Gasteiger partial charge in [0.1, 0.15) is 0 Å². The molecule has 1 aromatic rings.